The van der Waals surface area contributed by atoms with Gasteiger partial charge in [-0.3, -0.25) is 4.57 Å². The van der Waals surface area contributed by atoms with Gasteiger partial charge in [0.1, 0.15) is 11.2 Å². The Morgan fingerprint density at radius 1 is 0.414 bits per heavy atom. The van der Waals surface area contributed by atoms with Crippen molar-refractivity contribution in [3.05, 3.63) is 182 Å². The molecule has 0 radical (unpaired) electrons. The van der Waals surface area contributed by atoms with Gasteiger partial charge in [-0.1, -0.05) is 121 Å². The lowest BCUT2D eigenvalue weighted by molar-refractivity contribution is 0.669. The summed E-state index contributed by atoms with van der Waals surface area (Å²) in [6.07, 6.45) is 0. The van der Waals surface area contributed by atoms with Crippen LogP contribution in [0.1, 0.15) is 0 Å². The summed E-state index contributed by atoms with van der Waals surface area (Å²) in [6, 6.07) is 64.7. The molecule has 0 saturated carbocycles. The third-order valence-electron chi connectivity index (χ3n) is 11.7. The predicted molar refractivity (Wildman–Crippen MR) is 242 cm³/mol. The minimum atomic E-state index is 0.642. The number of hydrogen-bond donors (Lipinski definition) is 0. The van der Waals surface area contributed by atoms with Gasteiger partial charge >= 0.3 is 0 Å². The van der Waals surface area contributed by atoms with Crippen LogP contribution in [0.15, 0.2) is 186 Å². The quantitative estimate of drug-likeness (QED) is 0.180. The number of aromatic nitrogens is 4. The predicted octanol–water partition coefficient (Wildman–Crippen LogP) is 14.3. The minimum absolute atomic E-state index is 0.642. The van der Waals surface area contributed by atoms with Crippen molar-refractivity contribution in [2.24, 2.45) is 0 Å². The van der Waals surface area contributed by atoms with E-state index < -0.39 is 0 Å². The van der Waals surface area contributed by atoms with Gasteiger partial charge in [0.2, 0.25) is 5.95 Å². The summed E-state index contributed by atoms with van der Waals surface area (Å²) in [5.41, 5.74) is 12.6. The Bertz CT molecular complexity index is 3800. The van der Waals surface area contributed by atoms with E-state index in [1.807, 2.05) is 12.1 Å². The Morgan fingerprint density at radius 2 is 1.05 bits per heavy atom. The molecule has 58 heavy (non-hydrogen) atoms. The highest BCUT2D eigenvalue weighted by molar-refractivity contribution is 7.26. The van der Waals surface area contributed by atoms with Crippen LogP contribution in [0, 0.1) is 0 Å². The van der Waals surface area contributed by atoms with E-state index in [1.165, 1.54) is 21.8 Å². The molecule has 0 bridgehead atoms. The molecule has 13 rings (SSSR count). The molecule has 0 fully saturated rings. The molecule has 0 aliphatic carbocycles. The SMILES string of the molecule is c1ccc(-c2nc(-n3c4ccccc4c4cc(-c5ccc6c7ccccc7n(-c7ccccc7)c6c5)ccc43)nc3c2sc2ccc4oc5ccccc5c4c23)cc1. The van der Waals surface area contributed by atoms with E-state index in [9.17, 15) is 0 Å². The lowest BCUT2D eigenvalue weighted by atomic mass is 10.0. The Labute approximate surface area is 335 Å². The van der Waals surface area contributed by atoms with E-state index in [1.54, 1.807) is 11.3 Å². The van der Waals surface area contributed by atoms with Crippen molar-refractivity contribution in [1.29, 1.82) is 0 Å². The summed E-state index contributed by atoms with van der Waals surface area (Å²) in [6.45, 7) is 0. The number of thiophene rings is 1. The Kier molecular flexibility index (Phi) is 6.54. The zero-order valence-corrected chi connectivity index (χ0v) is 31.7. The number of hydrogen-bond acceptors (Lipinski definition) is 4. The lowest BCUT2D eigenvalue weighted by Crippen LogP contribution is -2.02. The fraction of sp³-hybridized carbons (Fsp3) is 0. The summed E-state index contributed by atoms with van der Waals surface area (Å²) < 4.78 is 13.2. The van der Waals surface area contributed by atoms with Gasteiger partial charge in [0.15, 0.2) is 0 Å². The number of fused-ring (bicyclic) bond motifs is 13. The summed E-state index contributed by atoms with van der Waals surface area (Å²) in [5, 5.41) is 8.09. The number of para-hydroxylation sites is 4. The van der Waals surface area contributed by atoms with Crippen LogP contribution in [0.3, 0.4) is 0 Å². The van der Waals surface area contributed by atoms with Gasteiger partial charge in [0.25, 0.3) is 0 Å². The van der Waals surface area contributed by atoms with E-state index in [-0.39, 0.29) is 0 Å². The molecule has 0 aliphatic heterocycles. The highest BCUT2D eigenvalue weighted by atomic mass is 32.1. The van der Waals surface area contributed by atoms with Crippen molar-refractivity contribution in [2.45, 2.75) is 0 Å². The summed E-state index contributed by atoms with van der Waals surface area (Å²) in [7, 11) is 0. The van der Waals surface area contributed by atoms with E-state index in [0.717, 1.165) is 92.1 Å². The third kappa shape index (κ3) is 4.46. The largest absolute Gasteiger partial charge is 0.456 e. The molecule has 6 heteroatoms. The second kappa shape index (κ2) is 12.0. The van der Waals surface area contributed by atoms with E-state index in [0.29, 0.717) is 5.95 Å². The van der Waals surface area contributed by atoms with E-state index in [4.69, 9.17) is 14.4 Å². The van der Waals surface area contributed by atoms with Crippen LogP contribution in [0.5, 0.6) is 0 Å². The van der Waals surface area contributed by atoms with Crippen LogP contribution < -0.4 is 0 Å². The van der Waals surface area contributed by atoms with Gasteiger partial charge in [-0.15, -0.1) is 11.3 Å². The highest BCUT2D eigenvalue weighted by Crippen LogP contribution is 2.45. The maximum atomic E-state index is 6.38. The topological polar surface area (TPSA) is 48.8 Å². The first-order chi connectivity index (χ1) is 28.8. The fourth-order valence-corrected chi connectivity index (χ4v) is 10.4. The van der Waals surface area contributed by atoms with Crippen molar-refractivity contribution < 1.29 is 4.42 Å². The molecule has 0 N–H and O–H groups in total. The molecule has 0 saturated heterocycles. The molecule has 0 amide bonds. The lowest BCUT2D eigenvalue weighted by Gasteiger charge is -2.11. The monoisotopic (exact) mass is 758 g/mol. The van der Waals surface area contributed by atoms with Gasteiger partial charge in [0, 0.05) is 53.7 Å². The first-order valence-corrected chi connectivity index (χ1v) is 20.3. The van der Waals surface area contributed by atoms with Gasteiger partial charge in [-0.2, -0.15) is 0 Å². The molecule has 0 atom stereocenters. The van der Waals surface area contributed by atoms with E-state index in [2.05, 4.69) is 179 Å². The minimum Gasteiger partial charge on any atom is -0.456 e. The van der Waals surface area contributed by atoms with Crippen LogP contribution >= 0.6 is 11.3 Å². The zero-order chi connectivity index (χ0) is 37.9. The Morgan fingerprint density at radius 3 is 1.88 bits per heavy atom. The summed E-state index contributed by atoms with van der Waals surface area (Å²) in [5.74, 6) is 0.642. The van der Waals surface area contributed by atoms with Gasteiger partial charge in [-0.25, -0.2) is 9.97 Å². The molecule has 5 aromatic heterocycles. The molecule has 0 unspecified atom stereocenters. The van der Waals surface area contributed by atoms with Crippen molar-refractivity contribution in [2.75, 3.05) is 0 Å². The number of nitrogens with zero attached hydrogens (tertiary/aromatic N) is 4. The molecule has 5 heterocycles. The van der Waals surface area contributed by atoms with Crippen molar-refractivity contribution >= 4 is 97.2 Å². The highest BCUT2D eigenvalue weighted by Gasteiger charge is 2.23. The normalized spacial score (nSPS) is 12.1. The average Bonchev–Trinajstić information content (AvgIpc) is 4.03. The first-order valence-electron chi connectivity index (χ1n) is 19.5. The number of rotatable bonds is 4. The van der Waals surface area contributed by atoms with Crippen molar-refractivity contribution in [3.8, 4) is 34.0 Å². The number of furan rings is 1. The van der Waals surface area contributed by atoms with Crippen LogP contribution in [0.2, 0.25) is 0 Å². The molecular formula is C52H30N4OS. The molecule has 270 valence electrons. The summed E-state index contributed by atoms with van der Waals surface area (Å²) >= 11 is 1.75. The Balaban J connectivity index is 1.07. The van der Waals surface area contributed by atoms with Crippen LogP contribution in [0.4, 0.5) is 0 Å². The van der Waals surface area contributed by atoms with Crippen LogP contribution in [-0.4, -0.2) is 19.1 Å². The second-order valence-corrected chi connectivity index (χ2v) is 16.0. The zero-order valence-electron chi connectivity index (χ0n) is 30.9. The smallest absolute Gasteiger partial charge is 0.235 e. The molecule has 8 aromatic carbocycles. The third-order valence-corrected chi connectivity index (χ3v) is 12.9. The van der Waals surface area contributed by atoms with Crippen molar-refractivity contribution in [3.63, 3.8) is 0 Å². The Hall–Kier alpha value is -7.54. The van der Waals surface area contributed by atoms with Gasteiger partial charge in [-0.05, 0) is 71.8 Å². The first kappa shape index (κ1) is 31.6. The maximum absolute atomic E-state index is 6.38. The molecular weight excluding hydrogens is 729 g/mol. The van der Waals surface area contributed by atoms with Gasteiger partial charge < -0.3 is 8.98 Å². The standard InChI is InChI=1S/C52H30N4OS/c1-3-13-31(14-4-1)49-51-50(48-46(58-51)28-27-45-47(48)38-19-9-12-22-44(38)57-45)54-52(53-49)56-41-21-11-8-18-36(41)39-29-32(24-26-42(39)56)33-23-25-37-35-17-7-10-20-40(35)55(43(37)30-33)34-15-5-2-6-16-34/h1-30H. The molecule has 5 nitrogen and oxygen atoms in total. The maximum Gasteiger partial charge on any atom is 0.235 e. The molecule has 0 aliphatic rings. The molecule has 0 spiro atoms. The second-order valence-electron chi connectivity index (χ2n) is 14.9. The fourth-order valence-electron chi connectivity index (χ4n) is 9.20. The van der Waals surface area contributed by atoms with Crippen LogP contribution in [-0.2, 0) is 0 Å². The average molecular weight is 759 g/mol. The van der Waals surface area contributed by atoms with E-state index >= 15 is 0 Å². The van der Waals surface area contributed by atoms with Gasteiger partial charge in [0.05, 0.1) is 38.0 Å². The van der Waals surface area contributed by atoms with Crippen molar-refractivity contribution in [1.82, 2.24) is 19.1 Å². The summed E-state index contributed by atoms with van der Waals surface area (Å²) in [4.78, 5) is 11.0. The number of benzene rings is 8. The molecule has 13 aromatic rings. The van der Waals surface area contributed by atoms with Crippen LogP contribution in [0.25, 0.3) is 120 Å².